The quantitative estimate of drug-likeness (QED) is 0.402. The highest BCUT2D eigenvalue weighted by Crippen LogP contribution is 2.57. The molecule has 0 spiro atoms. The van der Waals surface area contributed by atoms with Crippen LogP contribution in [0.5, 0.6) is 0 Å². The second-order valence-corrected chi connectivity index (χ2v) is 8.10. The van der Waals surface area contributed by atoms with Crippen molar-refractivity contribution in [2.24, 2.45) is 23.6 Å². The van der Waals surface area contributed by atoms with Gasteiger partial charge in [-0.3, -0.25) is 5.84 Å². The van der Waals surface area contributed by atoms with Crippen LogP contribution in [0, 0.1) is 17.8 Å². The van der Waals surface area contributed by atoms with E-state index in [1.165, 1.54) is 77.0 Å². The Labute approximate surface area is 125 Å². The monoisotopic (exact) mass is 278 g/mol. The van der Waals surface area contributed by atoms with Crippen LogP contribution in [0.2, 0.25) is 0 Å². The number of hydrogen-bond acceptors (Lipinski definition) is 2. The largest absolute Gasteiger partial charge is 0.268 e. The Balaban J connectivity index is 1.44. The number of unbranched alkanes of at least 4 members (excludes halogenated alkanes) is 5. The molecule has 20 heavy (non-hydrogen) atoms. The van der Waals surface area contributed by atoms with E-state index in [-0.39, 0.29) is 0 Å². The van der Waals surface area contributed by atoms with Gasteiger partial charge in [0.05, 0.1) is 0 Å². The van der Waals surface area contributed by atoms with Crippen molar-refractivity contribution < 1.29 is 0 Å². The van der Waals surface area contributed by atoms with Gasteiger partial charge in [-0.25, -0.2) is 5.01 Å². The Kier molecular flexibility index (Phi) is 4.72. The lowest BCUT2D eigenvalue weighted by Gasteiger charge is -2.59. The molecular weight excluding hydrogens is 244 g/mol. The highest BCUT2D eigenvalue weighted by atomic mass is 15.4. The van der Waals surface area contributed by atoms with E-state index < -0.39 is 0 Å². The summed E-state index contributed by atoms with van der Waals surface area (Å²) in [6.45, 7) is 3.42. The highest BCUT2D eigenvalue weighted by Gasteiger charge is 2.52. The van der Waals surface area contributed by atoms with E-state index in [1.54, 1.807) is 0 Å². The summed E-state index contributed by atoms with van der Waals surface area (Å²) in [5.74, 6) is 9.58. The van der Waals surface area contributed by atoms with Crippen LogP contribution < -0.4 is 5.84 Å². The molecule has 4 aliphatic carbocycles. The summed E-state index contributed by atoms with van der Waals surface area (Å²) >= 11 is 0. The molecule has 4 aliphatic rings. The van der Waals surface area contributed by atoms with Gasteiger partial charge in [0.1, 0.15) is 0 Å². The molecule has 0 radical (unpaired) electrons. The average molecular weight is 278 g/mol. The molecule has 116 valence electrons. The van der Waals surface area contributed by atoms with Crippen molar-refractivity contribution in [3.63, 3.8) is 0 Å². The van der Waals surface area contributed by atoms with Gasteiger partial charge in [-0.2, -0.15) is 0 Å². The van der Waals surface area contributed by atoms with Crippen molar-refractivity contribution in [3.8, 4) is 0 Å². The molecule has 2 heteroatoms. The predicted octanol–water partition coefficient (Wildman–Crippen LogP) is 4.49. The summed E-state index contributed by atoms with van der Waals surface area (Å²) in [5.41, 5.74) is 0.415. The third kappa shape index (κ3) is 3.06. The summed E-state index contributed by atoms with van der Waals surface area (Å²) in [7, 11) is 0. The lowest BCUT2D eigenvalue weighted by atomic mass is 9.53. The predicted molar refractivity (Wildman–Crippen MR) is 85.2 cm³/mol. The van der Waals surface area contributed by atoms with Crippen LogP contribution in [0.15, 0.2) is 0 Å². The molecule has 0 saturated heterocycles. The van der Waals surface area contributed by atoms with Gasteiger partial charge in [-0.15, -0.1) is 0 Å². The van der Waals surface area contributed by atoms with Crippen LogP contribution in [-0.2, 0) is 0 Å². The van der Waals surface area contributed by atoms with Crippen LogP contribution in [0.1, 0.15) is 84.0 Å². The second-order valence-electron chi connectivity index (χ2n) is 8.10. The first-order chi connectivity index (χ1) is 9.72. The first kappa shape index (κ1) is 14.8. The van der Waals surface area contributed by atoms with Gasteiger partial charge in [-0.05, 0) is 62.7 Å². The summed E-state index contributed by atoms with van der Waals surface area (Å²) in [6, 6.07) is 0. The van der Waals surface area contributed by atoms with E-state index in [4.69, 9.17) is 5.84 Å². The maximum atomic E-state index is 6.55. The highest BCUT2D eigenvalue weighted by molar-refractivity contribution is 5.06. The summed E-state index contributed by atoms with van der Waals surface area (Å²) in [6.07, 6.45) is 17.0. The molecule has 4 rings (SSSR count). The van der Waals surface area contributed by atoms with Gasteiger partial charge >= 0.3 is 0 Å². The van der Waals surface area contributed by atoms with Gasteiger partial charge in [-0.1, -0.05) is 39.0 Å². The zero-order valence-electron chi connectivity index (χ0n) is 13.4. The fourth-order valence-electron chi connectivity index (χ4n) is 5.72. The van der Waals surface area contributed by atoms with E-state index in [0.717, 1.165) is 24.3 Å². The van der Waals surface area contributed by atoms with Crippen molar-refractivity contribution in [2.45, 2.75) is 89.5 Å². The van der Waals surface area contributed by atoms with Crippen molar-refractivity contribution in [1.82, 2.24) is 5.01 Å². The van der Waals surface area contributed by atoms with Gasteiger partial charge < -0.3 is 0 Å². The van der Waals surface area contributed by atoms with Crippen molar-refractivity contribution >= 4 is 0 Å². The second kappa shape index (κ2) is 6.36. The Morgan fingerprint density at radius 2 is 1.35 bits per heavy atom. The molecular formula is C18H34N2. The number of rotatable bonds is 8. The minimum absolute atomic E-state index is 0.415. The first-order valence-electron chi connectivity index (χ1n) is 9.24. The lowest BCUT2D eigenvalue weighted by Crippen LogP contribution is -2.62. The van der Waals surface area contributed by atoms with Crippen LogP contribution in [0.25, 0.3) is 0 Å². The standard InChI is InChI=1S/C18H34N2/c1-2-3-4-5-6-7-8-20(19)18-12-15-9-16(13-18)11-17(10-15)14-18/h15-17H,2-14,19H2,1H3. The molecule has 4 fully saturated rings. The van der Waals surface area contributed by atoms with Crippen LogP contribution in [0.4, 0.5) is 0 Å². The number of nitrogens with two attached hydrogens (primary N) is 1. The van der Waals surface area contributed by atoms with Crippen molar-refractivity contribution in [2.75, 3.05) is 6.54 Å². The normalized spacial score (nSPS) is 38.9. The molecule has 0 aliphatic heterocycles. The summed E-state index contributed by atoms with van der Waals surface area (Å²) in [5, 5.41) is 2.30. The molecule has 0 atom stereocenters. The molecule has 0 aromatic heterocycles. The molecule has 4 saturated carbocycles. The maximum Gasteiger partial charge on any atom is 0.0359 e. The smallest absolute Gasteiger partial charge is 0.0359 e. The Hall–Kier alpha value is -0.0800. The van der Waals surface area contributed by atoms with E-state index in [1.807, 2.05) is 0 Å². The third-order valence-corrected chi connectivity index (χ3v) is 6.37. The minimum atomic E-state index is 0.415. The molecule has 0 unspecified atom stereocenters. The summed E-state index contributed by atoms with van der Waals surface area (Å²) in [4.78, 5) is 0. The minimum Gasteiger partial charge on any atom is -0.268 e. The van der Waals surface area contributed by atoms with Gasteiger partial charge in [0.2, 0.25) is 0 Å². The molecule has 0 amide bonds. The fourth-order valence-corrected chi connectivity index (χ4v) is 5.72. The van der Waals surface area contributed by atoms with E-state index >= 15 is 0 Å². The number of nitrogens with zero attached hydrogens (tertiary/aromatic N) is 1. The van der Waals surface area contributed by atoms with Gasteiger partial charge in [0.15, 0.2) is 0 Å². The molecule has 0 heterocycles. The topological polar surface area (TPSA) is 29.3 Å². The van der Waals surface area contributed by atoms with E-state index in [0.29, 0.717) is 5.54 Å². The molecule has 0 aromatic carbocycles. The zero-order chi connectivity index (χ0) is 14.0. The van der Waals surface area contributed by atoms with Crippen LogP contribution in [-0.4, -0.2) is 17.1 Å². The van der Waals surface area contributed by atoms with Crippen LogP contribution in [0.3, 0.4) is 0 Å². The number of hydrogen-bond donors (Lipinski definition) is 1. The molecule has 2 nitrogen and oxygen atoms in total. The maximum absolute atomic E-state index is 6.55. The molecule has 4 bridgehead atoms. The van der Waals surface area contributed by atoms with Gasteiger partial charge in [0.25, 0.3) is 0 Å². The van der Waals surface area contributed by atoms with E-state index in [9.17, 15) is 0 Å². The SMILES string of the molecule is CCCCCCCCN(N)C12CC3CC(CC(C3)C1)C2. The Bertz CT molecular complexity index is 277. The number of hydrazine groups is 1. The Morgan fingerprint density at radius 3 is 1.90 bits per heavy atom. The molecule has 2 N–H and O–H groups in total. The lowest BCUT2D eigenvalue weighted by molar-refractivity contribution is -0.0903. The average Bonchev–Trinajstić information content (AvgIpc) is 2.41. The Morgan fingerprint density at radius 1 is 0.850 bits per heavy atom. The fraction of sp³-hybridized carbons (Fsp3) is 1.00. The van der Waals surface area contributed by atoms with E-state index in [2.05, 4.69) is 11.9 Å². The van der Waals surface area contributed by atoms with Crippen molar-refractivity contribution in [3.05, 3.63) is 0 Å². The zero-order valence-corrected chi connectivity index (χ0v) is 13.4. The van der Waals surface area contributed by atoms with Crippen LogP contribution >= 0.6 is 0 Å². The molecule has 0 aromatic rings. The van der Waals surface area contributed by atoms with Crippen molar-refractivity contribution in [1.29, 1.82) is 0 Å². The summed E-state index contributed by atoms with van der Waals surface area (Å²) < 4.78 is 0. The first-order valence-corrected chi connectivity index (χ1v) is 9.24. The van der Waals surface area contributed by atoms with Gasteiger partial charge in [0, 0.05) is 12.1 Å². The third-order valence-electron chi connectivity index (χ3n) is 6.37.